The van der Waals surface area contributed by atoms with Crippen LogP contribution < -0.4 is 14.8 Å². The molecule has 4 nitrogen and oxygen atoms in total. The number of carbonyl (C=O) groups excluding carboxylic acids is 1. The van der Waals surface area contributed by atoms with Crippen LogP contribution in [0.4, 0.5) is 5.69 Å². The Morgan fingerprint density at radius 2 is 1.79 bits per heavy atom. The van der Waals surface area contributed by atoms with Crippen LogP contribution in [0.15, 0.2) is 60.0 Å². The van der Waals surface area contributed by atoms with Crippen molar-refractivity contribution in [2.75, 3.05) is 18.5 Å². The van der Waals surface area contributed by atoms with E-state index >= 15 is 0 Å². The Kier molecular flexibility index (Phi) is 6.72. The van der Waals surface area contributed by atoms with Gasteiger partial charge in [0.1, 0.15) is 0 Å². The fraction of sp³-hybridized carbons (Fsp3) is 0.174. The molecular formula is C23H21NO3S. The molecule has 0 aliphatic rings. The van der Waals surface area contributed by atoms with Crippen LogP contribution in [0.25, 0.3) is 0 Å². The first-order valence-corrected chi connectivity index (χ1v) is 9.94. The van der Waals surface area contributed by atoms with E-state index in [1.54, 1.807) is 29.5 Å². The highest BCUT2D eigenvalue weighted by Gasteiger charge is 2.12. The zero-order valence-corrected chi connectivity index (χ0v) is 16.6. The molecule has 0 atom stereocenters. The van der Waals surface area contributed by atoms with Gasteiger partial charge in [0.05, 0.1) is 18.1 Å². The summed E-state index contributed by atoms with van der Waals surface area (Å²) in [5, 5.41) is 4.91. The smallest absolute Gasteiger partial charge is 0.255 e. The molecular weight excluding hydrogens is 370 g/mol. The van der Waals surface area contributed by atoms with Gasteiger partial charge < -0.3 is 14.8 Å². The van der Waals surface area contributed by atoms with Gasteiger partial charge in [-0.3, -0.25) is 4.79 Å². The molecule has 0 saturated carbocycles. The molecule has 0 aliphatic carbocycles. The Morgan fingerprint density at radius 1 is 0.964 bits per heavy atom. The minimum atomic E-state index is -0.215. The number of ether oxygens (including phenoxy) is 2. The van der Waals surface area contributed by atoms with Gasteiger partial charge in [-0.1, -0.05) is 24.0 Å². The molecule has 28 heavy (non-hydrogen) atoms. The predicted molar refractivity (Wildman–Crippen MR) is 113 cm³/mol. The monoisotopic (exact) mass is 391 g/mol. The number of benzene rings is 2. The predicted octanol–water partition coefficient (Wildman–Crippen LogP) is 5.20. The zero-order chi connectivity index (χ0) is 19.8. The van der Waals surface area contributed by atoms with E-state index in [4.69, 9.17) is 9.47 Å². The lowest BCUT2D eigenvalue weighted by Crippen LogP contribution is -2.12. The van der Waals surface area contributed by atoms with Crippen molar-refractivity contribution in [2.45, 2.75) is 13.8 Å². The van der Waals surface area contributed by atoms with Crippen molar-refractivity contribution >= 4 is 22.9 Å². The maximum Gasteiger partial charge on any atom is 0.255 e. The van der Waals surface area contributed by atoms with E-state index in [1.807, 2.05) is 55.6 Å². The second-order valence-electron chi connectivity index (χ2n) is 5.79. The minimum Gasteiger partial charge on any atom is -0.490 e. The lowest BCUT2D eigenvalue weighted by molar-refractivity contribution is 0.102. The van der Waals surface area contributed by atoms with Gasteiger partial charge in [0.2, 0.25) is 0 Å². The van der Waals surface area contributed by atoms with Crippen LogP contribution in [-0.4, -0.2) is 19.1 Å². The lowest BCUT2D eigenvalue weighted by Gasteiger charge is -2.12. The Bertz CT molecular complexity index is 1000. The van der Waals surface area contributed by atoms with Gasteiger partial charge in [0, 0.05) is 16.8 Å². The van der Waals surface area contributed by atoms with Crippen LogP contribution in [0.3, 0.4) is 0 Å². The summed E-state index contributed by atoms with van der Waals surface area (Å²) in [4.78, 5) is 13.7. The molecule has 0 saturated heterocycles. The number of anilines is 1. The third kappa shape index (κ3) is 5.15. The molecule has 1 heterocycles. The Labute approximate surface area is 169 Å². The van der Waals surface area contributed by atoms with Gasteiger partial charge in [-0.05, 0) is 61.7 Å². The number of hydrogen-bond acceptors (Lipinski definition) is 4. The number of thiophene rings is 1. The Morgan fingerprint density at radius 3 is 2.54 bits per heavy atom. The molecule has 0 unspecified atom stereocenters. The van der Waals surface area contributed by atoms with Gasteiger partial charge in [-0.25, -0.2) is 0 Å². The van der Waals surface area contributed by atoms with Gasteiger partial charge in [0.25, 0.3) is 5.91 Å². The summed E-state index contributed by atoms with van der Waals surface area (Å²) in [5.74, 6) is 7.22. The summed E-state index contributed by atoms with van der Waals surface area (Å²) in [6, 6.07) is 16.6. The molecule has 142 valence electrons. The molecule has 1 aromatic heterocycles. The van der Waals surface area contributed by atoms with E-state index in [0.717, 1.165) is 10.4 Å². The third-order valence-electron chi connectivity index (χ3n) is 3.78. The van der Waals surface area contributed by atoms with Gasteiger partial charge in [-0.2, -0.15) is 0 Å². The van der Waals surface area contributed by atoms with E-state index in [0.29, 0.717) is 36.0 Å². The van der Waals surface area contributed by atoms with E-state index in [1.165, 1.54) is 0 Å². The highest BCUT2D eigenvalue weighted by molar-refractivity contribution is 7.10. The van der Waals surface area contributed by atoms with Crippen molar-refractivity contribution in [3.8, 4) is 23.3 Å². The number of nitrogens with one attached hydrogen (secondary N) is 1. The first-order chi connectivity index (χ1) is 13.7. The molecule has 0 fully saturated rings. The van der Waals surface area contributed by atoms with E-state index < -0.39 is 0 Å². The minimum absolute atomic E-state index is 0.215. The van der Waals surface area contributed by atoms with E-state index in [2.05, 4.69) is 17.2 Å². The second kappa shape index (κ2) is 9.63. The average Bonchev–Trinajstić information content (AvgIpc) is 3.22. The molecule has 3 rings (SSSR count). The first-order valence-electron chi connectivity index (χ1n) is 9.06. The average molecular weight is 391 g/mol. The summed E-state index contributed by atoms with van der Waals surface area (Å²) in [7, 11) is 0. The summed E-state index contributed by atoms with van der Waals surface area (Å²) in [6.45, 7) is 4.83. The first kappa shape index (κ1) is 19.5. The van der Waals surface area contributed by atoms with Gasteiger partial charge in [-0.15, -0.1) is 11.3 Å². The van der Waals surface area contributed by atoms with Crippen LogP contribution >= 0.6 is 11.3 Å². The van der Waals surface area contributed by atoms with E-state index in [9.17, 15) is 4.79 Å². The standard InChI is InChI=1S/C23H21NO3S/c1-3-26-21-13-11-18(16-22(21)27-4-2)23(25)24-19-8-5-7-17(15-19)10-12-20-9-6-14-28-20/h5-9,11,13-16H,3-4H2,1-2H3,(H,24,25). The van der Waals surface area contributed by atoms with Crippen LogP contribution in [0.2, 0.25) is 0 Å². The highest BCUT2D eigenvalue weighted by atomic mass is 32.1. The van der Waals surface area contributed by atoms with Gasteiger partial charge in [0.15, 0.2) is 11.5 Å². The number of hydrogen-bond donors (Lipinski definition) is 1. The quantitative estimate of drug-likeness (QED) is 0.588. The van der Waals surface area contributed by atoms with Crippen molar-refractivity contribution in [1.29, 1.82) is 0 Å². The van der Waals surface area contributed by atoms with Crippen LogP contribution in [0, 0.1) is 11.8 Å². The van der Waals surface area contributed by atoms with Crippen LogP contribution in [-0.2, 0) is 0 Å². The summed E-state index contributed by atoms with van der Waals surface area (Å²) in [6.07, 6.45) is 0. The molecule has 5 heteroatoms. The number of rotatable bonds is 6. The molecule has 0 spiro atoms. The molecule has 1 N–H and O–H groups in total. The van der Waals surface area contributed by atoms with Gasteiger partial charge >= 0.3 is 0 Å². The maximum atomic E-state index is 12.7. The van der Waals surface area contributed by atoms with Crippen LogP contribution in [0.5, 0.6) is 11.5 Å². The second-order valence-corrected chi connectivity index (χ2v) is 6.74. The number of amides is 1. The molecule has 0 radical (unpaired) electrons. The fourth-order valence-corrected chi connectivity index (χ4v) is 3.12. The number of carbonyl (C=O) groups is 1. The summed E-state index contributed by atoms with van der Waals surface area (Å²) in [5.41, 5.74) is 2.03. The molecule has 2 aromatic carbocycles. The maximum absolute atomic E-state index is 12.7. The molecule has 3 aromatic rings. The van der Waals surface area contributed by atoms with Crippen molar-refractivity contribution in [1.82, 2.24) is 0 Å². The lowest BCUT2D eigenvalue weighted by atomic mass is 10.1. The largest absolute Gasteiger partial charge is 0.490 e. The third-order valence-corrected chi connectivity index (χ3v) is 4.56. The van der Waals surface area contributed by atoms with E-state index in [-0.39, 0.29) is 5.91 Å². The van der Waals surface area contributed by atoms with Crippen LogP contribution in [0.1, 0.15) is 34.6 Å². The Hall–Kier alpha value is -3.23. The normalized spacial score (nSPS) is 9.93. The molecule has 0 aliphatic heterocycles. The molecule has 0 bridgehead atoms. The molecule has 1 amide bonds. The van der Waals surface area contributed by atoms with Crippen molar-refractivity contribution in [3.63, 3.8) is 0 Å². The van der Waals surface area contributed by atoms with Crippen molar-refractivity contribution < 1.29 is 14.3 Å². The SMILES string of the molecule is CCOc1ccc(C(=O)Nc2cccc(C#Cc3cccs3)c2)cc1OCC. The van der Waals surface area contributed by atoms with Crippen molar-refractivity contribution in [2.24, 2.45) is 0 Å². The highest BCUT2D eigenvalue weighted by Crippen LogP contribution is 2.29. The van der Waals surface area contributed by atoms with Crippen molar-refractivity contribution in [3.05, 3.63) is 76.0 Å². The fourth-order valence-electron chi connectivity index (χ4n) is 2.55. The topological polar surface area (TPSA) is 47.6 Å². The Balaban J connectivity index is 1.75. The summed E-state index contributed by atoms with van der Waals surface area (Å²) < 4.78 is 11.1. The zero-order valence-electron chi connectivity index (χ0n) is 15.8. The summed E-state index contributed by atoms with van der Waals surface area (Å²) >= 11 is 1.60.